The highest BCUT2D eigenvalue weighted by molar-refractivity contribution is 7.98. The van der Waals surface area contributed by atoms with E-state index < -0.39 is 74.5 Å². The maximum atomic E-state index is 12.8. The number of rotatable bonds is 12. The monoisotopic (exact) mass is 448 g/mol. The molecule has 0 saturated carbocycles. The van der Waals surface area contributed by atoms with Crippen molar-refractivity contribution in [3.8, 4) is 0 Å². The predicted molar refractivity (Wildman–Crippen MR) is 103 cm³/mol. The lowest BCUT2D eigenvalue weighted by molar-refractivity contribution is 0.104. The SMILES string of the molecule is C=CCS(=O)(=O)C(O)(CC)C(N)S(=O)(=O)C(N)C(O)(CC)S(=O)(=O)CC=C. The standard InChI is InChI=1S/C14H28N2O8S3/c1-5-9-25(19,20)13(17,7-3)11(15)27(23,24)12(16)14(18,8-4)26(21,22)10-6-2/h5-6,11-12,17-18H,1-2,7-10,15-16H2,3-4H3. The Balaban J connectivity index is 6.47. The maximum Gasteiger partial charge on any atom is 0.195 e. The van der Waals surface area contributed by atoms with Crippen molar-refractivity contribution in [2.45, 2.75) is 47.3 Å². The van der Waals surface area contributed by atoms with Crippen molar-refractivity contribution in [1.82, 2.24) is 0 Å². The minimum Gasteiger partial charge on any atom is -0.372 e. The van der Waals surface area contributed by atoms with Crippen molar-refractivity contribution < 1.29 is 35.5 Å². The van der Waals surface area contributed by atoms with E-state index >= 15 is 0 Å². The zero-order valence-electron chi connectivity index (χ0n) is 15.3. The summed E-state index contributed by atoms with van der Waals surface area (Å²) in [6.07, 6.45) is 0.624. The highest BCUT2D eigenvalue weighted by Crippen LogP contribution is 2.33. The minimum atomic E-state index is -5.05. The van der Waals surface area contributed by atoms with Gasteiger partial charge in [0.15, 0.2) is 50.1 Å². The molecule has 13 heteroatoms. The summed E-state index contributed by atoms with van der Waals surface area (Å²) in [5.41, 5.74) is 11.1. The second-order valence-corrected chi connectivity index (χ2v) is 12.7. The van der Waals surface area contributed by atoms with Crippen molar-refractivity contribution in [3.05, 3.63) is 25.3 Å². The van der Waals surface area contributed by atoms with E-state index in [9.17, 15) is 35.5 Å². The van der Waals surface area contributed by atoms with Crippen molar-refractivity contribution >= 4 is 29.5 Å². The maximum absolute atomic E-state index is 12.8. The fourth-order valence-electron chi connectivity index (χ4n) is 2.47. The van der Waals surface area contributed by atoms with E-state index in [1.54, 1.807) is 0 Å². The first-order valence-corrected chi connectivity index (χ1v) is 12.8. The van der Waals surface area contributed by atoms with Crippen LogP contribution in [0.1, 0.15) is 26.7 Å². The molecule has 0 fully saturated rings. The van der Waals surface area contributed by atoms with Gasteiger partial charge in [0.2, 0.25) is 0 Å². The van der Waals surface area contributed by atoms with Crippen molar-refractivity contribution in [2.75, 3.05) is 11.5 Å². The first-order chi connectivity index (χ1) is 12.1. The van der Waals surface area contributed by atoms with Gasteiger partial charge in [0.25, 0.3) is 0 Å². The molecule has 0 amide bonds. The fraction of sp³-hybridized carbons (Fsp3) is 0.714. The van der Waals surface area contributed by atoms with Gasteiger partial charge in [-0.1, -0.05) is 26.0 Å². The van der Waals surface area contributed by atoms with E-state index in [0.29, 0.717) is 0 Å². The summed E-state index contributed by atoms with van der Waals surface area (Å²) in [6, 6.07) is 0. The lowest BCUT2D eigenvalue weighted by atomic mass is 10.2. The largest absolute Gasteiger partial charge is 0.372 e. The van der Waals surface area contributed by atoms with Crippen LogP contribution in [0.15, 0.2) is 25.3 Å². The van der Waals surface area contributed by atoms with E-state index in [1.165, 1.54) is 13.8 Å². The van der Waals surface area contributed by atoms with Crippen LogP contribution in [-0.2, 0) is 29.5 Å². The Morgan fingerprint density at radius 1 is 0.815 bits per heavy atom. The summed E-state index contributed by atoms with van der Waals surface area (Å²) >= 11 is 0. The minimum absolute atomic E-state index is 0.625. The molecule has 27 heavy (non-hydrogen) atoms. The molecular weight excluding hydrogens is 420 g/mol. The summed E-state index contributed by atoms with van der Waals surface area (Å²) in [5, 5.41) is 16.1. The van der Waals surface area contributed by atoms with E-state index in [0.717, 1.165) is 12.2 Å². The van der Waals surface area contributed by atoms with Crippen LogP contribution in [0, 0.1) is 0 Å². The Labute approximate surface area is 160 Å². The second kappa shape index (κ2) is 8.68. The molecular formula is C14H28N2O8S3. The molecule has 0 saturated heterocycles. The Hall–Kier alpha value is -0.830. The zero-order chi connectivity index (χ0) is 21.9. The molecule has 0 aliphatic heterocycles. The van der Waals surface area contributed by atoms with Gasteiger partial charge >= 0.3 is 0 Å². The summed E-state index contributed by atoms with van der Waals surface area (Å²) in [5.74, 6) is -1.55. The van der Waals surface area contributed by atoms with Crippen LogP contribution in [0.2, 0.25) is 0 Å². The molecule has 160 valence electrons. The van der Waals surface area contributed by atoms with E-state index in [2.05, 4.69) is 13.2 Å². The van der Waals surface area contributed by atoms with Gasteiger partial charge in [-0.15, -0.1) is 13.2 Å². The average molecular weight is 449 g/mol. The predicted octanol–water partition coefficient (Wildman–Crippen LogP) is -1.63. The normalized spacial score (nSPS) is 20.1. The molecule has 4 unspecified atom stereocenters. The van der Waals surface area contributed by atoms with Crippen molar-refractivity contribution in [1.29, 1.82) is 0 Å². The van der Waals surface area contributed by atoms with Crippen molar-refractivity contribution in [2.24, 2.45) is 11.5 Å². The molecule has 0 bridgehead atoms. The van der Waals surface area contributed by atoms with Gasteiger partial charge in [0.1, 0.15) is 0 Å². The number of nitrogens with two attached hydrogens (primary N) is 2. The van der Waals surface area contributed by atoms with Crippen LogP contribution in [0.25, 0.3) is 0 Å². The molecule has 0 aliphatic carbocycles. The summed E-state index contributed by atoms with van der Waals surface area (Å²) in [6.45, 7) is 8.81. The Morgan fingerprint density at radius 2 is 1.07 bits per heavy atom. The number of aliphatic hydroxyl groups is 2. The van der Waals surface area contributed by atoms with E-state index in [4.69, 9.17) is 11.5 Å². The molecule has 0 aromatic carbocycles. The van der Waals surface area contributed by atoms with Gasteiger partial charge in [0, 0.05) is 0 Å². The molecule has 0 aromatic rings. The third-order valence-corrected chi connectivity index (χ3v) is 11.4. The molecule has 6 N–H and O–H groups in total. The fourth-order valence-corrected chi connectivity index (χ4v) is 8.61. The Kier molecular flexibility index (Phi) is 8.41. The first-order valence-electron chi connectivity index (χ1n) is 7.90. The van der Waals surface area contributed by atoms with Gasteiger partial charge in [0.05, 0.1) is 11.5 Å². The van der Waals surface area contributed by atoms with Crippen molar-refractivity contribution in [3.63, 3.8) is 0 Å². The second-order valence-electron chi connectivity index (χ2n) is 5.97. The molecule has 0 heterocycles. The van der Waals surface area contributed by atoms with Crippen LogP contribution in [0.5, 0.6) is 0 Å². The quantitative estimate of drug-likeness (QED) is 0.252. The van der Waals surface area contributed by atoms with Gasteiger partial charge < -0.3 is 21.7 Å². The molecule has 0 radical (unpaired) electrons. The third-order valence-electron chi connectivity index (χ3n) is 4.36. The molecule has 0 rings (SSSR count). The van der Waals surface area contributed by atoms with Gasteiger partial charge in [-0.25, -0.2) is 25.3 Å². The third kappa shape index (κ3) is 4.44. The topological polar surface area (TPSA) is 195 Å². The first kappa shape index (κ1) is 26.2. The van der Waals surface area contributed by atoms with Crippen LogP contribution in [-0.4, -0.2) is 67.6 Å². The molecule has 0 aromatic heterocycles. The van der Waals surface area contributed by atoms with E-state index in [1.807, 2.05) is 0 Å². The summed E-state index contributed by atoms with van der Waals surface area (Å²) < 4.78 is 74.8. The van der Waals surface area contributed by atoms with Crippen LogP contribution >= 0.6 is 0 Å². The lowest BCUT2D eigenvalue weighted by Gasteiger charge is -2.37. The molecule has 4 atom stereocenters. The highest BCUT2D eigenvalue weighted by Gasteiger charge is 2.58. The Morgan fingerprint density at radius 3 is 1.26 bits per heavy atom. The molecule has 0 spiro atoms. The lowest BCUT2D eigenvalue weighted by Crippen LogP contribution is -2.66. The average Bonchev–Trinajstić information content (AvgIpc) is 2.58. The van der Waals surface area contributed by atoms with Crippen LogP contribution < -0.4 is 11.5 Å². The van der Waals surface area contributed by atoms with Crippen LogP contribution in [0.3, 0.4) is 0 Å². The number of sulfone groups is 3. The summed E-state index contributed by atoms with van der Waals surface area (Å²) in [7, 11) is -14.1. The Bertz CT molecular complexity index is 800. The van der Waals surface area contributed by atoms with Crippen LogP contribution in [0.4, 0.5) is 0 Å². The molecule has 10 nitrogen and oxygen atoms in total. The zero-order valence-corrected chi connectivity index (χ0v) is 17.7. The van der Waals surface area contributed by atoms with Gasteiger partial charge in [-0.2, -0.15) is 0 Å². The van der Waals surface area contributed by atoms with Gasteiger partial charge in [-0.3, -0.25) is 0 Å². The highest BCUT2D eigenvalue weighted by atomic mass is 32.2. The number of hydrogen-bond donors (Lipinski definition) is 4. The smallest absolute Gasteiger partial charge is 0.195 e. The number of hydrogen-bond acceptors (Lipinski definition) is 10. The summed E-state index contributed by atoms with van der Waals surface area (Å²) in [4.78, 5) is -5.93. The van der Waals surface area contributed by atoms with E-state index in [-0.39, 0.29) is 0 Å². The molecule has 0 aliphatic rings. The van der Waals surface area contributed by atoms with Gasteiger partial charge in [-0.05, 0) is 12.8 Å².